The first-order valence-electron chi connectivity index (χ1n) is 3.34. The van der Waals surface area contributed by atoms with Gasteiger partial charge in [-0.3, -0.25) is 0 Å². The van der Waals surface area contributed by atoms with E-state index in [2.05, 4.69) is 10.6 Å². The zero-order chi connectivity index (χ0) is 5.66. The maximum absolute atomic E-state index is 4.29. The minimum atomic E-state index is 0. The van der Waals surface area contributed by atoms with Gasteiger partial charge in [0.1, 0.15) is 0 Å². The third kappa shape index (κ3) is 11.2. The molecule has 0 bridgehead atoms. The summed E-state index contributed by atoms with van der Waals surface area (Å²) in [5, 5.41) is 7.62. The fraction of sp³-hybridized carbons (Fsp3) is 1.00. The Bertz CT molecular complexity index is 42.5. The number of hydrogen-bond acceptors (Lipinski definition) is 1. The molecule has 1 saturated heterocycles. The molecular weight excluding hydrogens is 219 g/mol. The molecule has 11 heavy (non-hydrogen) atoms. The molecule has 1 aliphatic rings. The second-order valence-electron chi connectivity index (χ2n) is 2.13. The van der Waals surface area contributed by atoms with Gasteiger partial charge >= 0.3 is 21.7 Å². The van der Waals surface area contributed by atoms with Crippen LogP contribution in [0.5, 0.6) is 0 Å². The molecular formula is C6H13Cl2N2Ti. The van der Waals surface area contributed by atoms with Crippen molar-refractivity contribution in [1.82, 2.24) is 5.32 Å². The first-order valence-corrected chi connectivity index (χ1v) is 3.34. The van der Waals surface area contributed by atoms with Crippen LogP contribution in [0.15, 0.2) is 0 Å². The maximum Gasteiger partial charge on any atom is 3.00 e. The van der Waals surface area contributed by atoms with Crippen LogP contribution in [0, 0.1) is 0 Å². The van der Waals surface area contributed by atoms with Crippen molar-refractivity contribution in [1.29, 1.82) is 0 Å². The van der Waals surface area contributed by atoms with Crippen molar-refractivity contribution in [2.75, 3.05) is 26.2 Å². The van der Waals surface area contributed by atoms with Crippen LogP contribution in [0.25, 0.3) is 5.32 Å². The molecule has 0 saturated carbocycles. The molecule has 65 valence electrons. The third-order valence-electron chi connectivity index (χ3n) is 1.34. The summed E-state index contributed by atoms with van der Waals surface area (Å²) in [5.74, 6) is 0. The van der Waals surface area contributed by atoms with Crippen molar-refractivity contribution in [2.45, 2.75) is 12.8 Å². The Balaban J connectivity index is -0.000000213. The van der Waals surface area contributed by atoms with Gasteiger partial charge in [-0.25, -0.2) is 0 Å². The molecule has 2 nitrogen and oxygen atoms in total. The summed E-state index contributed by atoms with van der Waals surface area (Å²) in [4.78, 5) is 0. The Morgan fingerprint density at radius 2 is 1.36 bits per heavy atom. The Kier molecular flexibility index (Phi) is 22.7. The summed E-state index contributed by atoms with van der Waals surface area (Å²) < 4.78 is 0. The summed E-state index contributed by atoms with van der Waals surface area (Å²) in [6, 6.07) is 0. The van der Waals surface area contributed by atoms with Crippen LogP contribution in [0.4, 0.5) is 0 Å². The van der Waals surface area contributed by atoms with E-state index < -0.39 is 0 Å². The van der Waals surface area contributed by atoms with Crippen molar-refractivity contribution in [3.05, 3.63) is 5.32 Å². The predicted molar refractivity (Wildman–Crippen MR) is 35.2 cm³/mol. The average molecular weight is 232 g/mol. The standard InChI is InChI=1S/C6H13N2.2ClH.Ti/c1-3-7-5-2-6-8-4-1;;;/h7H,1-6H2;2*1H;/q-1;;;+3/p-2. The average Bonchev–Trinajstić information content (AvgIpc) is 1.62. The third-order valence-corrected chi connectivity index (χ3v) is 1.34. The first kappa shape index (κ1) is 18.1. The van der Waals surface area contributed by atoms with Crippen LogP contribution in [0.1, 0.15) is 12.8 Å². The number of halogens is 2. The van der Waals surface area contributed by atoms with Crippen LogP contribution in [-0.2, 0) is 21.7 Å². The fourth-order valence-electron chi connectivity index (χ4n) is 0.869. The predicted octanol–water partition coefficient (Wildman–Crippen LogP) is -5.25. The summed E-state index contributed by atoms with van der Waals surface area (Å²) in [5.41, 5.74) is 0. The molecule has 0 unspecified atom stereocenters. The van der Waals surface area contributed by atoms with E-state index in [0.29, 0.717) is 0 Å². The molecule has 0 spiro atoms. The molecule has 0 aromatic carbocycles. The van der Waals surface area contributed by atoms with Crippen LogP contribution in [-0.4, -0.2) is 26.2 Å². The molecule has 0 aliphatic carbocycles. The van der Waals surface area contributed by atoms with E-state index in [0.717, 1.165) is 26.2 Å². The van der Waals surface area contributed by atoms with Gasteiger partial charge in [0.05, 0.1) is 0 Å². The van der Waals surface area contributed by atoms with E-state index in [4.69, 9.17) is 0 Å². The van der Waals surface area contributed by atoms with Crippen LogP contribution >= 0.6 is 0 Å². The van der Waals surface area contributed by atoms with E-state index in [-0.39, 0.29) is 46.5 Å². The minimum Gasteiger partial charge on any atom is -1.00 e. The number of hydrogen-bond donors (Lipinski definition) is 1. The van der Waals surface area contributed by atoms with Crippen molar-refractivity contribution in [3.8, 4) is 0 Å². The van der Waals surface area contributed by atoms with E-state index >= 15 is 0 Å². The summed E-state index contributed by atoms with van der Waals surface area (Å²) in [6.45, 7) is 4.44. The van der Waals surface area contributed by atoms with Crippen molar-refractivity contribution < 1.29 is 46.5 Å². The van der Waals surface area contributed by atoms with E-state index in [1.54, 1.807) is 0 Å². The molecule has 1 fully saturated rings. The molecule has 1 radical (unpaired) electrons. The van der Waals surface area contributed by atoms with E-state index in [9.17, 15) is 0 Å². The van der Waals surface area contributed by atoms with Gasteiger partial charge < -0.3 is 35.4 Å². The monoisotopic (exact) mass is 231 g/mol. The molecule has 1 N–H and O–H groups in total. The Hall–Kier alpha value is 1.21. The van der Waals surface area contributed by atoms with Gasteiger partial charge in [-0.05, 0) is 13.1 Å². The summed E-state index contributed by atoms with van der Waals surface area (Å²) in [6.07, 6.45) is 2.44. The summed E-state index contributed by atoms with van der Waals surface area (Å²) >= 11 is 0. The maximum atomic E-state index is 4.29. The SMILES string of the molecule is C1C[N-]CCCNC1.[Cl-].[Cl-].[Ti+3]. The van der Waals surface area contributed by atoms with Gasteiger partial charge in [-0.15, -0.1) is 13.1 Å². The van der Waals surface area contributed by atoms with Gasteiger partial charge in [-0.2, -0.15) is 0 Å². The molecule has 1 rings (SSSR count). The number of nitrogens with one attached hydrogen (secondary N) is 1. The molecule has 0 atom stereocenters. The topological polar surface area (TPSA) is 26.1 Å². The van der Waals surface area contributed by atoms with Gasteiger partial charge in [0.15, 0.2) is 0 Å². The second kappa shape index (κ2) is 13.8. The zero-order valence-electron chi connectivity index (χ0n) is 6.45. The van der Waals surface area contributed by atoms with E-state index in [1.807, 2.05) is 0 Å². The van der Waals surface area contributed by atoms with Crippen molar-refractivity contribution in [2.24, 2.45) is 0 Å². The number of nitrogens with zero attached hydrogens (tertiary/aromatic N) is 1. The Labute approximate surface area is 96.0 Å². The second-order valence-corrected chi connectivity index (χ2v) is 2.13. The zero-order valence-corrected chi connectivity index (χ0v) is 9.52. The van der Waals surface area contributed by atoms with Gasteiger partial charge in [0.2, 0.25) is 0 Å². The normalized spacial score (nSPS) is 17.5. The van der Waals surface area contributed by atoms with Crippen LogP contribution in [0.3, 0.4) is 0 Å². The van der Waals surface area contributed by atoms with E-state index in [1.165, 1.54) is 12.8 Å². The van der Waals surface area contributed by atoms with Crippen molar-refractivity contribution in [3.63, 3.8) is 0 Å². The minimum absolute atomic E-state index is 0. The molecule has 1 aliphatic heterocycles. The molecule has 0 amide bonds. The molecule has 5 heteroatoms. The molecule has 0 aromatic rings. The van der Waals surface area contributed by atoms with Gasteiger partial charge in [0.25, 0.3) is 0 Å². The molecule has 0 aromatic heterocycles. The smallest absolute Gasteiger partial charge is 1.00 e. The van der Waals surface area contributed by atoms with Crippen molar-refractivity contribution >= 4 is 0 Å². The number of rotatable bonds is 0. The largest absolute Gasteiger partial charge is 3.00 e. The first-order chi connectivity index (χ1) is 4.00. The Morgan fingerprint density at radius 1 is 0.909 bits per heavy atom. The van der Waals surface area contributed by atoms with Gasteiger partial charge in [-0.1, -0.05) is 12.8 Å². The Morgan fingerprint density at radius 3 is 1.82 bits per heavy atom. The quantitative estimate of drug-likeness (QED) is 0.415. The van der Waals surface area contributed by atoms with Crippen LogP contribution < -0.4 is 30.1 Å². The molecule has 1 heterocycles. The van der Waals surface area contributed by atoms with Crippen LogP contribution in [0.2, 0.25) is 0 Å². The fourth-order valence-corrected chi connectivity index (χ4v) is 0.869. The van der Waals surface area contributed by atoms with Gasteiger partial charge in [0, 0.05) is 0 Å². The summed E-state index contributed by atoms with van der Waals surface area (Å²) in [7, 11) is 0.